The number of nitrogens with zero attached hydrogens (tertiary/aromatic N) is 1. The zero-order valence-electron chi connectivity index (χ0n) is 12.9. The van der Waals surface area contributed by atoms with Crippen LogP contribution in [0.25, 0.3) is 0 Å². The molecule has 0 aromatic rings. The number of thioether (sulfide) groups is 1. The number of hydrogen-bond donors (Lipinski definition) is 2. The van der Waals surface area contributed by atoms with Gasteiger partial charge in [0.15, 0.2) is 0 Å². The first-order valence-electron chi connectivity index (χ1n) is 7.86. The van der Waals surface area contributed by atoms with E-state index in [-0.39, 0.29) is 29.3 Å². The molecule has 0 spiro atoms. The summed E-state index contributed by atoms with van der Waals surface area (Å²) < 4.78 is 0. The molecular weight excluding hydrogens is 288 g/mol. The van der Waals surface area contributed by atoms with E-state index in [4.69, 9.17) is 5.11 Å². The molecule has 2 aliphatic heterocycles. The fraction of sp³-hybridized carbons (Fsp3) is 0.867. The molecule has 21 heavy (non-hydrogen) atoms. The van der Waals surface area contributed by atoms with E-state index in [1.54, 1.807) is 16.7 Å². The van der Waals surface area contributed by atoms with Gasteiger partial charge in [0, 0.05) is 25.3 Å². The molecule has 2 saturated heterocycles. The van der Waals surface area contributed by atoms with Crippen LogP contribution in [0.4, 0.5) is 0 Å². The third-order valence-electron chi connectivity index (χ3n) is 4.55. The summed E-state index contributed by atoms with van der Waals surface area (Å²) in [4.78, 5) is 26.0. The van der Waals surface area contributed by atoms with Gasteiger partial charge in [-0.3, -0.25) is 9.59 Å². The number of aliphatic hydroxyl groups excluding tert-OH is 1. The van der Waals surface area contributed by atoms with Gasteiger partial charge in [0.25, 0.3) is 0 Å². The molecule has 2 N–H and O–H groups in total. The quantitative estimate of drug-likeness (QED) is 0.744. The van der Waals surface area contributed by atoms with E-state index in [9.17, 15) is 9.59 Å². The minimum Gasteiger partial charge on any atom is -0.396 e. The molecular formula is C15H26N2O3S. The predicted molar refractivity (Wildman–Crippen MR) is 83.8 cm³/mol. The maximum absolute atomic E-state index is 12.4. The normalized spacial score (nSPS) is 29.6. The predicted octanol–water partition coefficient (Wildman–Crippen LogP) is 1.36. The standard InChI is InChI=1S/C15H26N2O3S/c1-3-4-11(6-8-18)9-16-14(20)12-10-21-15(2)7-5-13(19)17(12)15/h11-12,18H,3-10H2,1-2H3,(H,16,20). The zero-order valence-corrected chi connectivity index (χ0v) is 13.7. The van der Waals surface area contributed by atoms with Gasteiger partial charge in [-0.1, -0.05) is 13.3 Å². The Hall–Kier alpha value is -0.750. The number of fused-ring (bicyclic) bond motifs is 1. The van der Waals surface area contributed by atoms with Crippen LogP contribution in [0, 0.1) is 5.92 Å². The summed E-state index contributed by atoms with van der Waals surface area (Å²) >= 11 is 1.71. The fourth-order valence-corrected chi connectivity index (χ4v) is 4.75. The van der Waals surface area contributed by atoms with Gasteiger partial charge in [-0.05, 0) is 32.1 Å². The minimum atomic E-state index is -0.327. The molecule has 6 heteroatoms. The number of aliphatic hydroxyl groups is 1. The molecule has 0 saturated carbocycles. The van der Waals surface area contributed by atoms with E-state index < -0.39 is 0 Å². The second-order valence-electron chi connectivity index (χ2n) is 6.18. The summed E-state index contributed by atoms with van der Waals surface area (Å²) in [6.45, 7) is 4.91. The Balaban J connectivity index is 1.90. The number of hydrogen-bond acceptors (Lipinski definition) is 4. The highest BCUT2D eigenvalue weighted by molar-refractivity contribution is 8.01. The fourth-order valence-electron chi connectivity index (χ4n) is 3.32. The van der Waals surface area contributed by atoms with Crippen molar-refractivity contribution in [3.63, 3.8) is 0 Å². The van der Waals surface area contributed by atoms with E-state index in [2.05, 4.69) is 19.2 Å². The number of amides is 2. The van der Waals surface area contributed by atoms with Gasteiger partial charge in [-0.25, -0.2) is 0 Å². The van der Waals surface area contributed by atoms with Crippen LogP contribution in [0.15, 0.2) is 0 Å². The van der Waals surface area contributed by atoms with Crippen LogP contribution in [-0.2, 0) is 9.59 Å². The Kier molecular flexibility index (Phi) is 5.54. The SMILES string of the molecule is CCCC(CCO)CNC(=O)C1CSC2(C)CCC(=O)N12. The Bertz CT molecular complexity index is 398. The number of carbonyl (C=O) groups excluding carboxylic acids is 2. The van der Waals surface area contributed by atoms with Gasteiger partial charge in [-0.2, -0.15) is 0 Å². The van der Waals surface area contributed by atoms with Crippen molar-refractivity contribution in [2.45, 2.75) is 56.9 Å². The Morgan fingerprint density at radius 2 is 2.33 bits per heavy atom. The first-order chi connectivity index (χ1) is 10.0. The van der Waals surface area contributed by atoms with Crippen molar-refractivity contribution < 1.29 is 14.7 Å². The van der Waals surface area contributed by atoms with E-state index in [1.807, 2.05) is 0 Å². The summed E-state index contributed by atoms with van der Waals surface area (Å²) in [6, 6.07) is -0.327. The van der Waals surface area contributed by atoms with Crippen LogP contribution in [-0.4, -0.2) is 51.6 Å². The molecule has 2 amide bonds. The van der Waals surface area contributed by atoms with E-state index in [0.29, 0.717) is 31.1 Å². The highest BCUT2D eigenvalue weighted by atomic mass is 32.2. The molecule has 5 nitrogen and oxygen atoms in total. The summed E-state index contributed by atoms with van der Waals surface area (Å²) in [5.41, 5.74) is 0. The van der Waals surface area contributed by atoms with Crippen molar-refractivity contribution in [2.24, 2.45) is 5.92 Å². The lowest BCUT2D eigenvalue weighted by Crippen LogP contribution is -2.50. The van der Waals surface area contributed by atoms with Crippen LogP contribution in [0.3, 0.4) is 0 Å². The highest BCUT2D eigenvalue weighted by Crippen LogP contribution is 2.47. The molecule has 0 radical (unpaired) electrons. The van der Waals surface area contributed by atoms with Gasteiger partial charge in [0.2, 0.25) is 11.8 Å². The molecule has 0 aliphatic carbocycles. The summed E-state index contributed by atoms with van der Waals surface area (Å²) in [6.07, 6.45) is 4.15. The lowest BCUT2D eigenvalue weighted by atomic mass is 10.00. The van der Waals surface area contributed by atoms with E-state index >= 15 is 0 Å². The zero-order chi connectivity index (χ0) is 15.5. The summed E-state index contributed by atoms with van der Waals surface area (Å²) in [5, 5.41) is 12.1. The van der Waals surface area contributed by atoms with Crippen molar-refractivity contribution in [1.29, 1.82) is 0 Å². The Morgan fingerprint density at radius 3 is 3.00 bits per heavy atom. The third-order valence-corrected chi connectivity index (χ3v) is 6.05. The second-order valence-corrected chi connectivity index (χ2v) is 7.68. The monoisotopic (exact) mass is 314 g/mol. The average Bonchev–Trinajstić information content (AvgIpc) is 2.94. The first kappa shape index (κ1) is 16.6. The van der Waals surface area contributed by atoms with Crippen LogP contribution in [0.5, 0.6) is 0 Å². The lowest BCUT2D eigenvalue weighted by molar-refractivity contribution is -0.138. The van der Waals surface area contributed by atoms with Crippen molar-refractivity contribution in [3.05, 3.63) is 0 Å². The van der Waals surface area contributed by atoms with E-state index in [1.165, 1.54) is 0 Å². The molecule has 2 heterocycles. The van der Waals surface area contributed by atoms with Gasteiger partial charge in [-0.15, -0.1) is 11.8 Å². The second kappa shape index (κ2) is 7.01. The topological polar surface area (TPSA) is 69.6 Å². The maximum atomic E-state index is 12.4. The lowest BCUT2D eigenvalue weighted by Gasteiger charge is -2.30. The van der Waals surface area contributed by atoms with E-state index in [0.717, 1.165) is 19.3 Å². The van der Waals surface area contributed by atoms with Gasteiger partial charge in [0.1, 0.15) is 6.04 Å². The van der Waals surface area contributed by atoms with Crippen molar-refractivity contribution in [3.8, 4) is 0 Å². The maximum Gasteiger partial charge on any atom is 0.243 e. The molecule has 2 fully saturated rings. The van der Waals surface area contributed by atoms with Gasteiger partial charge >= 0.3 is 0 Å². The van der Waals surface area contributed by atoms with Gasteiger partial charge < -0.3 is 15.3 Å². The number of carbonyl (C=O) groups is 2. The van der Waals surface area contributed by atoms with Crippen molar-refractivity contribution in [2.75, 3.05) is 18.9 Å². The van der Waals surface area contributed by atoms with Gasteiger partial charge in [0.05, 0.1) is 4.87 Å². The van der Waals surface area contributed by atoms with Crippen LogP contribution >= 0.6 is 11.8 Å². The van der Waals surface area contributed by atoms with Crippen molar-refractivity contribution in [1.82, 2.24) is 10.2 Å². The minimum absolute atomic E-state index is 0.0412. The van der Waals surface area contributed by atoms with Crippen LogP contribution in [0.2, 0.25) is 0 Å². The number of nitrogens with one attached hydrogen (secondary N) is 1. The smallest absolute Gasteiger partial charge is 0.243 e. The van der Waals surface area contributed by atoms with Crippen LogP contribution < -0.4 is 5.32 Å². The largest absolute Gasteiger partial charge is 0.396 e. The van der Waals surface area contributed by atoms with Crippen LogP contribution in [0.1, 0.15) is 46.0 Å². The summed E-state index contributed by atoms with van der Waals surface area (Å²) in [5.74, 6) is 1.06. The third kappa shape index (κ3) is 3.54. The molecule has 3 atom stereocenters. The molecule has 2 aliphatic rings. The summed E-state index contributed by atoms with van der Waals surface area (Å²) in [7, 11) is 0. The molecule has 0 bridgehead atoms. The molecule has 0 aromatic carbocycles. The molecule has 3 unspecified atom stereocenters. The van der Waals surface area contributed by atoms with Crippen molar-refractivity contribution >= 4 is 23.6 Å². The average molecular weight is 314 g/mol. The molecule has 2 rings (SSSR count). The molecule has 0 aromatic heterocycles. The number of rotatable bonds is 7. The molecule has 120 valence electrons. The Labute approximate surface area is 130 Å². The first-order valence-corrected chi connectivity index (χ1v) is 8.85. The Morgan fingerprint density at radius 1 is 1.57 bits per heavy atom. The highest BCUT2D eigenvalue weighted by Gasteiger charge is 2.52.